The van der Waals surface area contributed by atoms with Gasteiger partial charge in [-0.2, -0.15) is 0 Å². The van der Waals surface area contributed by atoms with Gasteiger partial charge in [-0.25, -0.2) is 9.97 Å². The van der Waals surface area contributed by atoms with E-state index in [1.165, 1.54) is 17.5 Å². The molecule has 5 nitrogen and oxygen atoms in total. The highest BCUT2D eigenvalue weighted by Gasteiger charge is 2.31. The van der Waals surface area contributed by atoms with Crippen molar-refractivity contribution in [1.29, 1.82) is 0 Å². The molecule has 112 valence electrons. The summed E-state index contributed by atoms with van der Waals surface area (Å²) in [6, 6.07) is 6.37. The molecular weight excluding hydrogens is 276 g/mol. The second-order valence-electron chi connectivity index (χ2n) is 6.12. The predicted molar refractivity (Wildman–Crippen MR) is 85.3 cm³/mol. The van der Waals surface area contributed by atoms with E-state index in [1.54, 1.807) is 11.1 Å². The van der Waals surface area contributed by atoms with Crippen molar-refractivity contribution in [2.24, 2.45) is 0 Å². The molecular formula is C17H18N4O. The molecule has 0 saturated heterocycles. The summed E-state index contributed by atoms with van der Waals surface area (Å²) >= 11 is 0. The fourth-order valence-electron chi connectivity index (χ4n) is 3.22. The third kappa shape index (κ3) is 1.96. The summed E-state index contributed by atoms with van der Waals surface area (Å²) in [4.78, 5) is 25.0. The van der Waals surface area contributed by atoms with Crippen LogP contribution in [0.1, 0.15) is 33.6 Å². The molecule has 4 rings (SSSR count). The number of carbonyl (C=O) groups is 1. The van der Waals surface area contributed by atoms with Gasteiger partial charge in [-0.1, -0.05) is 6.07 Å². The lowest BCUT2D eigenvalue weighted by molar-refractivity contribution is 0.0996. The van der Waals surface area contributed by atoms with E-state index in [9.17, 15) is 4.79 Å². The number of nitrogens with zero attached hydrogens (tertiary/aromatic N) is 4. The fourth-order valence-corrected chi connectivity index (χ4v) is 3.22. The summed E-state index contributed by atoms with van der Waals surface area (Å²) in [5.74, 6) is 0.639. The van der Waals surface area contributed by atoms with Gasteiger partial charge in [0.05, 0.1) is 17.8 Å². The van der Waals surface area contributed by atoms with Gasteiger partial charge in [0, 0.05) is 26.0 Å². The lowest BCUT2D eigenvalue weighted by Gasteiger charge is -2.16. The maximum atomic E-state index is 12.6. The molecule has 2 aromatic rings. The van der Waals surface area contributed by atoms with E-state index in [0.717, 1.165) is 24.2 Å². The van der Waals surface area contributed by atoms with E-state index >= 15 is 0 Å². The molecule has 1 amide bonds. The molecule has 0 unspecified atom stereocenters. The van der Waals surface area contributed by atoms with Crippen LogP contribution in [-0.2, 0) is 19.4 Å². The molecule has 22 heavy (non-hydrogen) atoms. The Kier molecular flexibility index (Phi) is 2.89. The molecule has 1 aliphatic carbocycles. The zero-order chi connectivity index (χ0) is 15.3. The second-order valence-corrected chi connectivity index (χ2v) is 6.12. The number of aryl methyl sites for hydroxylation is 2. The topological polar surface area (TPSA) is 49.3 Å². The average molecular weight is 294 g/mol. The number of hydrogen-bond acceptors (Lipinski definition) is 4. The van der Waals surface area contributed by atoms with Crippen LogP contribution in [0.15, 0.2) is 24.4 Å². The zero-order valence-corrected chi connectivity index (χ0v) is 12.8. The summed E-state index contributed by atoms with van der Waals surface area (Å²) in [5, 5.41) is 0. The quantitative estimate of drug-likeness (QED) is 0.852. The van der Waals surface area contributed by atoms with Crippen LogP contribution < -0.4 is 9.80 Å². The largest absolute Gasteiger partial charge is 0.347 e. The highest BCUT2D eigenvalue weighted by atomic mass is 16.2. The van der Waals surface area contributed by atoms with E-state index in [4.69, 9.17) is 0 Å². The van der Waals surface area contributed by atoms with Gasteiger partial charge in [-0.15, -0.1) is 0 Å². The Morgan fingerprint density at radius 1 is 1.18 bits per heavy atom. The van der Waals surface area contributed by atoms with E-state index in [1.807, 2.05) is 25.1 Å². The molecule has 2 aliphatic rings. The molecule has 1 aromatic carbocycles. The van der Waals surface area contributed by atoms with Gasteiger partial charge in [0.15, 0.2) is 0 Å². The fraction of sp³-hybridized carbons (Fsp3) is 0.353. The Labute approximate surface area is 129 Å². The minimum atomic E-state index is -0.00162. The first-order chi connectivity index (χ1) is 10.6. The van der Waals surface area contributed by atoms with Crippen LogP contribution in [0.4, 0.5) is 11.6 Å². The van der Waals surface area contributed by atoms with Gasteiger partial charge in [-0.05, 0) is 42.5 Å². The number of amides is 1. The Bertz CT molecular complexity index is 769. The van der Waals surface area contributed by atoms with E-state index in [-0.39, 0.29) is 5.91 Å². The van der Waals surface area contributed by atoms with E-state index < -0.39 is 0 Å². The van der Waals surface area contributed by atoms with Crippen LogP contribution in [0, 0.1) is 0 Å². The Morgan fingerprint density at radius 2 is 2.00 bits per heavy atom. The van der Waals surface area contributed by atoms with Crippen molar-refractivity contribution in [1.82, 2.24) is 9.97 Å². The molecule has 0 saturated carbocycles. The van der Waals surface area contributed by atoms with Crippen LogP contribution >= 0.6 is 0 Å². The summed E-state index contributed by atoms with van der Waals surface area (Å²) < 4.78 is 0. The molecule has 0 bridgehead atoms. The monoisotopic (exact) mass is 294 g/mol. The molecule has 0 N–H and O–H groups in total. The number of benzene rings is 1. The van der Waals surface area contributed by atoms with Crippen LogP contribution in [0.25, 0.3) is 0 Å². The Morgan fingerprint density at radius 3 is 2.82 bits per heavy atom. The minimum absolute atomic E-state index is 0.00162. The molecule has 0 fully saturated rings. The molecule has 1 aliphatic heterocycles. The summed E-state index contributed by atoms with van der Waals surface area (Å²) in [6.45, 7) is 0.524. The van der Waals surface area contributed by atoms with Crippen molar-refractivity contribution in [3.05, 3.63) is 46.8 Å². The molecule has 1 aromatic heterocycles. The first-order valence-electron chi connectivity index (χ1n) is 7.60. The van der Waals surface area contributed by atoms with Crippen molar-refractivity contribution < 1.29 is 4.79 Å². The summed E-state index contributed by atoms with van der Waals surface area (Å²) in [7, 11) is 3.80. The number of fused-ring (bicyclic) bond motifs is 2. The number of hydrogen-bond donors (Lipinski definition) is 0. The highest BCUT2D eigenvalue weighted by Crippen LogP contribution is 2.31. The highest BCUT2D eigenvalue weighted by molar-refractivity contribution is 6.09. The number of aromatic nitrogens is 2. The zero-order valence-electron chi connectivity index (χ0n) is 12.8. The van der Waals surface area contributed by atoms with Gasteiger partial charge in [0.1, 0.15) is 0 Å². The van der Waals surface area contributed by atoms with Crippen molar-refractivity contribution in [3.63, 3.8) is 0 Å². The lowest BCUT2D eigenvalue weighted by atomic mass is 10.1. The first kappa shape index (κ1) is 13.2. The van der Waals surface area contributed by atoms with Gasteiger partial charge in [-0.3, -0.25) is 4.79 Å². The van der Waals surface area contributed by atoms with Gasteiger partial charge in [0.2, 0.25) is 5.95 Å². The van der Waals surface area contributed by atoms with Gasteiger partial charge in [0.25, 0.3) is 5.91 Å². The van der Waals surface area contributed by atoms with Crippen molar-refractivity contribution >= 4 is 17.5 Å². The summed E-state index contributed by atoms with van der Waals surface area (Å²) in [6.07, 6.45) is 5.13. The molecule has 0 atom stereocenters. The van der Waals surface area contributed by atoms with Gasteiger partial charge < -0.3 is 9.80 Å². The average Bonchev–Trinajstić information content (AvgIpc) is 3.10. The van der Waals surface area contributed by atoms with Crippen LogP contribution in [0.3, 0.4) is 0 Å². The van der Waals surface area contributed by atoms with Crippen LogP contribution in [0.5, 0.6) is 0 Å². The summed E-state index contributed by atoms with van der Waals surface area (Å²) in [5.41, 5.74) is 5.19. The predicted octanol–water partition coefficient (Wildman–Crippen LogP) is 2.19. The molecule has 5 heteroatoms. The minimum Gasteiger partial charge on any atom is -0.347 e. The van der Waals surface area contributed by atoms with E-state index in [0.29, 0.717) is 18.1 Å². The van der Waals surface area contributed by atoms with Crippen molar-refractivity contribution in [2.45, 2.75) is 25.8 Å². The SMILES string of the molecule is CN(C)c1ncc2c(n1)CN(c1ccc3c(c1)CCC3)C2=O. The molecule has 2 heterocycles. The van der Waals surface area contributed by atoms with Crippen molar-refractivity contribution in [2.75, 3.05) is 23.9 Å². The second kappa shape index (κ2) is 4.80. The molecule has 0 radical (unpaired) electrons. The smallest absolute Gasteiger partial charge is 0.262 e. The van der Waals surface area contributed by atoms with Crippen LogP contribution in [0.2, 0.25) is 0 Å². The maximum Gasteiger partial charge on any atom is 0.262 e. The Balaban J connectivity index is 1.69. The number of carbonyl (C=O) groups excluding carboxylic acids is 1. The maximum absolute atomic E-state index is 12.6. The third-order valence-electron chi connectivity index (χ3n) is 4.43. The Hall–Kier alpha value is -2.43. The number of rotatable bonds is 2. The standard InChI is InChI=1S/C17H18N4O/c1-20(2)17-18-9-14-15(19-17)10-21(16(14)22)13-7-6-11-4-3-5-12(11)8-13/h6-9H,3-5,10H2,1-2H3. The van der Waals surface area contributed by atoms with Crippen molar-refractivity contribution in [3.8, 4) is 0 Å². The first-order valence-corrected chi connectivity index (χ1v) is 7.60. The van der Waals surface area contributed by atoms with Crippen LogP contribution in [-0.4, -0.2) is 30.0 Å². The lowest BCUT2D eigenvalue weighted by Crippen LogP contribution is -2.23. The molecule has 0 spiro atoms. The number of anilines is 2. The van der Waals surface area contributed by atoms with E-state index in [2.05, 4.69) is 22.1 Å². The normalized spacial score (nSPS) is 15.9. The third-order valence-corrected chi connectivity index (χ3v) is 4.43. The van der Waals surface area contributed by atoms with Gasteiger partial charge >= 0.3 is 0 Å².